The topological polar surface area (TPSA) is 26.3 Å². The normalized spacial score (nSPS) is 28.1. The van der Waals surface area contributed by atoms with Gasteiger partial charge in [0.05, 0.1) is 7.11 Å². The lowest BCUT2D eigenvalue weighted by Crippen LogP contribution is -2.14. The van der Waals surface area contributed by atoms with Gasteiger partial charge in [0.15, 0.2) is 0 Å². The van der Waals surface area contributed by atoms with Crippen molar-refractivity contribution in [3.8, 4) is 0 Å². The molecule has 0 aromatic heterocycles. The third kappa shape index (κ3) is 1.76. The zero-order valence-corrected chi connectivity index (χ0v) is 7.70. The van der Waals surface area contributed by atoms with E-state index < -0.39 is 0 Å². The van der Waals surface area contributed by atoms with Crippen LogP contribution in [0.5, 0.6) is 0 Å². The Labute approximate surface area is 72.9 Å². The van der Waals surface area contributed by atoms with Crippen LogP contribution in [0.3, 0.4) is 0 Å². The molecule has 12 heavy (non-hydrogen) atoms. The molecule has 0 aliphatic heterocycles. The van der Waals surface area contributed by atoms with E-state index in [1.165, 1.54) is 7.11 Å². The Hall–Kier alpha value is -1.05. The van der Waals surface area contributed by atoms with Gasteiger partial charge in [-0.05, 0) is 5.92 Å². The second-order valence-corrected chi connectivity index (χ2v) is 3.15. The number of hydrogen-bond donors (Lipinski definition) is 0. The van der Waals surface area contributed by atoms with Crippen LogP contribution in [0.2, 0.25) is 0 Å². The van der Waals surface area contributed by atoms with Crippen LogP contribution in [0, 0.1) is 11.8 Å². The Morgan fingerprint density at radius 3 is 2.67 bits per heavy atom. The van der Waals surface area contributed by atoms with Crippen molar-refractivity contribution in [1.82, 2.24) is 0 Å². The van der Waals surface area contributed by atoms with Crippen molar-refractivity contribution >= 4 is 5.97 Å². The lowest BCUT2D eigenvalue weighted by Gasteiger charge is -2.16. The second-order valence-electron chi connectivity index (χ2n) is 3.15. The summed E-state index contributed by atoms with van der Waals surface area (Å²) in [7, 11) is 1.42. The highest BCUT2D eigenvalue weighted by Crippen LogP contribution is 2.22. The SMILES string of the molecule is COC(=O)C1=CC(C)C=CC1C. The number of allylic oxidation sites excluding steroid dienone is 3. The van der Waals surface area contributed by atoms with Crippen molar-refractivity contribution in [2.75, 3.05) is 7.11 Å². The van der Waals surface area contributed by atoms with E-state index in [0.717, 1.165) is 5.57 Å². The van der Waals surface area contributed by atoms with E-state index in [2.05, 4.69) is 10.8 Å². The number of rotatable bonds is 1. The fraction of sp³-hybridized carbons (Fsp3) is 0.500. The molecule has 0 amide bonds. The maximum Gasteiger partial charge on any atom is 0.334 e. The summed E-state index contributed by atoms with van der Waals surface area (Å²) in [5.41, 5.74) is 0.771. The molecule has 1 rings (SSSR count). The van der Waals surface area contributed by atoms with Gasteiger partial charge in [-0.2, -0.15) is 0 Å². The summed E-state index contributed by atoms with van der Waals surface area (Å²) >= 11 is 0. The van der Waals surface area contributed by atoms with Crippen LogP contribution in [0.1, 0.15) is 13.8 Å². The van der Waals surface area contributed by atoms with Crippen LogP contribution in [-0.2, 0) is 9.53 Å². The number of carbonyl (C=O) groups is 1. The Morgan fingerprint density at radius 1 is 1.42 bits per heavy atom. The van der Waals surface area contributed by atoms with Crippen LogP contribution in [0.4, 0.5) is 0 Å². The molecule has 0 fully saturated rings. The Morgan fingerprint density at radius 2 is 2.08 bits per heavy atom. The molecule has 0 radical (unpaired) electrons. The molecule has 0 aromatic rings. The molecule has 2 heteroatoms. The zero-order chi connectivity index (χ0) is 9.14. The van der Waals surface area contributed by atoms with Crippen molar-refractivity contribution in [3.05, 3.63) is 23.8 Å². The van der Waals surface area contributed by atoms with Gasteiger partial charge in [-0.25, -0.2) is 4.79 Å². The summed E-state index contributed by atoms with van der Waals surface area (Å²) in [6, 6.07) is 0. The molecule has 2 atom stereocenters. The standard InChI is InChI=1S/C10H14O2/c1-7-4-5-8(2)9(6-7)10(11)12-3/h4-8H,1-3H3. The Kier molecular flexibility index (Phi) is 2.69. The molecule has 0 bridgehead atoms. The van der Waals surface area contributed by atoms with E-state index in [0.29, 0.717) is 5.92 Å². The molecular weight excluding hydrogens is 152 g/mol. The first kappa shape index (κ1) is 9.04. The molecule has 0 heterocycles. The summed E-state index contributed by atoms with van der Waals surface area (Å²) in [5.74, 6) is 0.322. The van der Waals surface area contributed by atoms with Crippen molar-refractivity contribution < 1.29 is 9.53 Å². The Balaban J connectivity index is 2.81. The number of hydrogen-bond acceptors (Lipinski definition) is 2. The minimum atomic E-state index is -0.210. The lowest BCUT2D eigenvalue weighted by molar-refractivity contribution is -0.136. The maximum atomic E-state index is 11.2. The molecule has 0 saturated heterocycles. The van der Waals surface area contributed by atoms with Crippen molar-refractivity contribution in [2.24, 2.45) is 11.8 Å². The highest BCUT2D eigenvalue weighted by atomic mass is 16.5. The number of carbonyl (C=O) groups excluding carboxylic acids is 1. The van der Waals surface area contributed by atoms with E-state index >= 15 is 0 Å². The maximum absolute atomic E-state index is 11.2. The largest absolute Gasteiger partial charge is 0.466 e. The first-order valence-corrected chi connectivity index (χ1v) is 4.13. The summed E-state index contributed by atoms with van der Waals surface area (Å²) in [6.07, 6.45) is 6.09. The monoisotopic (exact) mass is 166 g/mol. The third-order valence-corrected chi connectivity index (χ3v) is 2.06. The molecule has 2 unspecified atom stereocenters. The minimum Gasteiger partial charge on any atom is -0.466 e. The van der Waals surface area contributed by atoms with Crippen LogP contribution < -0.4 is 0 Å². The fourth-order valence-electron chi connectivity index (χ4n) is 1.31. The summed E-state index contributed by atoms with van der Waals surface area (Å²) in [4.78, 5) is 11.2. The van der Waals surface area contributed by atoms with Gasteiger partial charge in [-0.1, -0.05) is 32.1 Å². The van der Waals surface area contributed by atoms with E-state index in [9.17, 15) is 4.79 Å². The average Bonchev–Trinajstić information content (AvgIpc) is 2.08. The van der Waals surface area contributed by atoms with E-state index in [4.69, 9.17) is 0 Å². The quantitative estimate of drug-likeness (QED) is 0.439. The van der Waals surface area contributed by atoms with Gasteiger partial charge < -0.3 is 4.74 Å². The fourth-order valence-corrected chi connectivity index (χ4v) is 1.31. The summed E-state index contributed by atoms with van der Waals surface area (Å²) in [6.45, 7) is 4.04. The lowest BCUT2D eigenvalue weighted by atomic mass is 9.90. The van der Waals surface area contributed by atoms with Crippen LogP contribution >= 0.6 is 0 Å². The first-order chi connectivity index (χ1) is 5.65. The van der Waals surface area contributed by atoms with Crippen LogP contribution in [0.15, 0.2) is 23.8 Å². The number of ether oxygens (including phenoxy) is 1. The molecule has 1 aliphatic carbocycles. The molecule has 0 spiro atoms. The summed E-state index contributed by atoms with van der Waals surface area (Å²) < 4.78 is 4.67. The van der Waals surface area contributed by atoms with Gasteiger partial charge >= 0.3 is 5.97 Å². The van der Waals surface area contributed by atoms with Gasteiger partial charge in [0, 0.05) is 11.5 Å². The Bertz CT molecular complexity index is 238. The molecule has 66 valence electrons. The number of methoxy groups -OCH3 is 1. The van der Waals surface area contributed by atoms with Crippen molar-refractivity contribution in [3.63, 3.8) is 0 Å². The van der Waals surface area contributed by atoms with Gasteiger partial charge in [0.2, 0.25) is 0 Å². The van der Waals surface area contributed by atoms with Crippen molar-refractivity contribution in [2.45, 2.75) is 13.8 Å². The molecule has 2 nitrogen and oxygen atoms in total. The van der Waals surface area contributed by atoms with Gasteiger partial charge in [0.25, 0.3) is 0 Å². The highest BCUT2D eigenvalue weighted by Gasteiger charge is 2.18. The van der Waals surface area contributed by atoms with Crippen LogP contribution in [-0.4, -0.2) is 13.1 Å². The second kappa shape index (κ2) is 3.57. The van der Waals surface area contributed by atoms with Crippen LogP contribution in [0.25, 0.3) is 0 Å². The van der Waals surface area contributed by atoms with Crippen molar-refractivity contribution in [1.29, 1.82) is 0 Å². The van der Waals surface area contributed by atoms with Gasteiger partial charge in [-0.3, -0.25) is 0 Å². The predicted octanol–water partition coefficient (Wildman–Crippen LogP) is 1.93. The molecule has 0 N–H and O–H groups in total. The molecule has 1 aliphatic rings. The third-order valence-electron chi connectivity index (χ3n) is 2.06. The molecular formula is C10H14O2. The molecule has 0 saturated carbocycles. The van der Waals surface area contributed by atoms with E-state index in [-0.39, 0.29) is 11.9 Å². The average molecular weight is 166 g/mol. The summed E-state index contributed by atoms with van der Waals surface area (Å²) in [5, 5.41) is 0. The predicted molar refractivity (Wildman–Crippen MR) is 47.6 cm³/mol. The van der Waals surface area contributed by atoms with E-state index in [1.807, 2.05) is 26.0 Å². The number of esters is 1. The zero-order valence-electron chi connectivity index (χ0n) is 7.70. The smallest absolute Gasteiger partial charge is 0.334 e. The molecule has 0 aromatic carbocycles. The highest BCUT2D eigenvalue weighted by molar-refractivity contribution is 5.89. The van der Waals surface area contributed by atoms with Gasteiger partial charge in [0.1, 0.15) is 0 Å². The van der Waals surface area contributed by atoms with Gasteiger partial charge in [-0.15, -0.1) is 0 Å². The van der Waals surface area contributed by atoms with E-state index in [1.54, 1.807) is 0 Å². The first-order valence-electron chi connectivity index (χ1n) is 4.13. The minimum absolute atomic E-state index is 0.189.